The van der Waals surface area contributed by atoms with Gasteiger partial charge >= 0.3 is 49.6 Å². The molecule has 0 bridgehead atoms. The van der Waals surface area contributed by atoms with E-state index in [1.165, 1.54) is 5.56 Å². The van der Waals surface area contributed by atoms with Gasteiger partial charge in [0.1, 0.15) is 0 Å². The number of halogens is 2. The fourth-order valence-corrected chi connectivity index (χ4v) is 1.25. The van der Waals surface area contributed by atoms with Crippen LogP contribution in [-0.2, 0) is 32.5 Å². The van der Waals surface area contributed by atoms with Crippen molar-refractivity contribution < 1.29 is 35.9 Å². The van der Waals surface area contributed by atoms with Gasteiger partial charge in [0.05, 0.1) is 0 Å². The zero-order valence-electron chi connectivity index (χ0n) is 9.18. The van der Waals surface area contributed by atoms with Crippen LogP contribution >= 0.6 is 36.9 Å². The summed E-state index contributed by atoms with van der Waals surface area (Å²) in [5.41, 5.74) is 1.41. The molecule has 1 aromatic rings. The maximum absolute atomic E-state index is 9.39. The maximum atomic E-state index is 9.39. The molecule has 0 aliphatic carbocycles. The van der Waals surface area contributed by atoms with E-state index in [0.717, 1.165) is 6.42 Å². The Morgan fingerprint density at radius 2 is 1.56 bits per heavy atom. The van der Waals surface area contributed by atoms with Crippen molar-refractivity contribution in [3.05, 3.63) is 35.9 Å². The van der Waals surface area contributed by atoms with Gasteiger partial charge in [0.25, 0.3) is 0 Å². The third-order valence-corrected chi connectivity index (χ3v) is 2.51. The van der Waals surface area contributed by atoms with Gasteiger partial charge in [-0.25, -0.2) is 0 Å². The van der Waals surface area contributed by atoms with Crippen LogP contribution in [0.1, 0.15) is 12.5 Å². The van der Waals surface area contributed by atoms with E-state index in [4.69, 9.17) is 30.2 Å². The molecule has 0 spiro atoms. The second-order valence-electron chi connectivity index (χ2n) is 2.44. The molecule has 0 aromatic heterocycles. The van der Waals surface area contributed by atoms with Gasteiger partial charge in [-0.3, -0.25) is 0 Å². The minimum atomic E-state index is -2.92. The number of hydrogen-bond acceptors (Lipinski definition) is 3. The number of aryl methyl sites for hydroxylation is 1. The summed E-state index contributed by atoms with van der Waals surface area (Å²) in [6.45, 7) is 2.16. The van der Waals surface area contributed by atoms with Crippen LogP contribution in [0.15, 0.2) is 30.3 Å². The van der Waals surface area contributed by atoms with Gasteiger partial charge in [-0.15, -0.1) is 9.79 Å². The Kier molecular flexibility index (Phi) is 17.7. The van der Waals surface area contributed by atoms with Crippen molar-refractivity contribution in [1.82, 2.24) is 0 Å². The summed E-state index contributed by atoms with van der Waals surface area (Å²) in [5, 5.41) is 0. The minimum absolute atomic E-state index is 0.569. The molecule has 0 amide bonds. The number of rotatable bonds is 3. The van der Waals surface area contributed by atoms with Gasteiger partial charge in [-0.2, -0.15) is 0 Å². The third-order valence-electron chi connectivity index (χ3n) is 1.39. The summed E-state index contributed by atoms with van der Waals surface area (Å²) in [7, 11) is 3.56. The van der Waals surface area contributed by atoms with E-state index in [9.17, 15) is 9.13 Å². The Hall–Kier alpha value is 0.374. The summed E-state index contributed by atoms with van der Waals surface area (Å²) in [6, 6.07) is 10.5. The first-order valence-electron chi connectivity index (χ1n) is 4.34. The second-order valence-corrected chi connectivity index (χ2v) is 5.68. The fraction of sp³-hybridized carbons (Fsp3) is 0.250. The molecule has 1 rings (SSSR count). The van der Waals surface area contributed by atoms with Crippen LogP contribution in [0, 0.1) is 0 Å². The van der Waals surface area contributed by atoms with E-state index in [1.54, 1.807) is 0 Å². The zero-order chi connectivity index (χ0) is 14.4. The van der Waals surface area contributed by atoms with Crippen molar-refractivity contribution in [2.75, 3.05) is 0 Å². The molecule has 1 aromatic carbocycles. The molecule has 2 N–H and O–H groups in total. The average molecular weight is 380 g/mol. The number of hydrogen-bond donors (Lipinski definition) is 2. The summed E-state index contributed by atoms with van der Waals surface area (Å²) in [5.74, 6) is 0. The summed E-state index contributed by atoms with van der Waals surface area (Å²) in [4.78, 5) is 15.3. The van der Waals surface area contributed by atoms with E-state index in [1.807, 2.05) is 6.07 Å². The quantitative estimate of drug-likeness (QED) is 0.614. The van der Waals surface area contributed by atoms with Crippen LogP contribution < -0.4 is 0 Å². The van der Waals surface area contributed by atoms with Crippen molar-refractivity contribution in [2.24, 2.45) is 0 Å². The van der Waals surface area contributed by atoms with Gasteiger partial charge < -0.3 is 0 Å². The molecule has 0 radical (unpaired) electrons. The Labute approximate surface area is 122 Å². The van der Waals surface area contributed by atoms with Crippen molar-refractivity contribution in [2.45, 2.75) is 13.3 Å². The van der Waals surface area contributed by atoms with Crippen LogP contribution in [0.2, 0.25) is 0 Å². The molecule has 5 nitrogen and oxygen atoms in total. The first-order valence-corrected chi connectivity index (χ1v) is 9.32. The molecule has 0 fully saturated rings. The van der Waals surface area contributed by atoms with E-state index in [0.29, 0.717) is 12.7 Å². The topological polar surface area (TPSA) is 83.8 Å². The summed E-state index contributed by atoms with van der Waals surface area (Å²) >= 11 is 0.569. The van der Waals surface area contributed by atoms with Crippen LogP contribution in [-0.4, -0.2) is 9.79 Å². The van der Waals surface area contributed by atoms with Crippen molar-refractivity contribution in [1.29, 1.82) is 0 Å². The van der Waals surface area contributed by atoms with Gasteiger partial charge in [0.15, 0.2) is 4.31 Å². The molecule has 2 atom stereocenters. The van der Waals surface area contributed by atoms with Crippen LogP contribution in [0.3, 0.4) is 0 Å². The number of benzene rings is 1. The van der Waals surface area contributed by atoms with Crippen molar-refractivity contribution in [3.63, 3.8) is 0 Å². The average Bonchev–Trinajstić information content (AvgIpc) is 2.30. The standard InChI is InChI=1S/C8H10.2ClH.Ni.O5P2/c1-2-8-6-4-3-5-7-8;;;;1-6(2)5-7(3)4/h3-7H,2H2,1H3;2*1H;;/q;;;+2;. The molecule has 18 heavy (non-hydrogen) atoms. The Morgan fingerprint density at radius 3 is 1.72 bits per heavy atom. The molecule has 0 aliphatic rings. The molecule has 0 aliphatic heterocycles. The zero-order valence-corrected chi connectivity index (χ0v) is 13.5. The molecule has 0 heterocycles. The van der Waals surface area contributed by atoms with Gasteiger partial charge in [0, 0.05) is 9.13 Å². The van der Waals surface area contributed by atoms with E-state index >= 15 is 0 Å². The molecule has 0 saturated heterocycles. The Morgan fingerprint density at radius 1 is 1.17 bits per heavy atom. The summed E-state index contributed by atoms with van der Waals surface area (Å²) in [6.07, 6.45) is 1.14. The van der Waals surface area contributed by atoms with Crippen molar-refractivity contribution >= 4 is 36.9 Å². The second kappa shape index (κ2) is 15.4. The SMILES string of the molecule is CCc1ccccc1.O=[P+](O)O[P+](=O)O.[Cl][Ni][Cl]. The van der Waals surface area contributed by atoms with Crippen LogP contribution in [0.25, 0.3) is 0 Å². The normalized spacial score (nSPS) is 10.5. The first-order chi connectivity index (χ1) is 8.47. The molecule has 2 unspecified atom stereocenters. The Bertz CT molecular complexity index is 330. The summed E-state index contributed by atoms with van der Waals surface area (Å²) < 4.78 is 22.2. The fourth-order valence-electron chi connectivity index (χ4n) is 0.773. The predicted molar refractivity (Wildman–Crippen MR) is 68.3 cm³/mol. The monoisotopic (exact) mass is 378 g/mol. The Balaban J connectivity index is 0. The molecule has 106 valence electrons. The first kappa shape index (κ1) is 20.7. The van der Waals surface area contributed by atoms with Gasteiger partial charge in [-0.1, -0.05) is 37.3 Å². The third kappa shape index (κ3) is 18.7. The molecule has 0 saturated carbocycles. The van der Waals surface area contributed by atoms with Gasteiger partial charge in [-0.05, 0) is 12.0 Å². The molecular formula is C8H12Cl2NiO5P2+2. The van der Waals surface area contributed by atoms with Gasteiger partial charge in [0.2, 0.25) is 0 Å². The molecular weight excluding hydrogens is 368 g/mol. The molecule has 10 heteroatoms. The van der Waals surface area contributed by atoms with E-state index < -0.39 is 16.5 Å². The van der Waals surface area contributed by atoms with Crippen molar-refractivity contribution in [3.8, 4) is 0 Å². The van der Waals surface area contributed by atoms with Crippen LogP contribution in [0.5, 0.6) is 0 Å². The predicted octanol–water partition coefficient (Wildman–Crippen LogP) is 3.93. The van der Waals surface area contributed by atoms with E-state index in [2.05, 4.69) is 35.5 Å². The van der Waals surface area contributed by atoms with Crippen LogP contribution in [0.4, 0.5) is 0 Å². The van der Waals surface area contributed by atoms with E-state index in [-0.39, 0.29) is 0 Å².